The SMILES string of the molecule is CN1CCC(Cc2nc3n(n2)CCCC3O)CC1. The van der Waals surface area contributed by atoms with Crippen molar-refractivity contribution < 1.29 is 5.11 Å². The molecule has 1 aromatic heterocycles. The van der Waals surface area contributed by atoms with E-state index in [1.165, 1.54) is 25.9 Å². The molecule has 1 fully saturated rings. The van der Waals surface area contributed by atoms with Crippen LogP contribution in [0.4, 0.5) is 0 Å². The van der Waals surface area contributed by atoms with Gasteiger partial charge in [0, 0.05) is 13.0 Å². The molecule has 1 N–H and O–H groups in total. The Morgan fingerprint density at radius 1 is 1.22 bits per heavy atom. The maximum atomic E-state index is 9.89. The van der Waals surface area contributed by atoms with Gasteiger partial charge < -0.3 is 10.0 Å². The molecule has 1 unspecified atom stereocenters. The minimum absolute atomic E-state index is 0.405. The number of aromatic nitrogens is 3. The molecule has 2 aliphatic rings. The Hall–Kier alpha value is -0.940. The van der Waals surface area contributed by atoms with Crippen LogP contribution >= 0.6 is 0 Å². The number of nitrogens with zero attached hydrogens (tertiary/aromatic N) is 4. The second kappa shape index (κ2) is 4.97. The largest absolute Gasteiger partial charge is 0.385 e. The molecule has 0 radical (unpaired) electrons. The minimum Gasteiger partial charge on any atom is -0.385 e. The zero-order chi connectivity index (χ0) is 12.5. The highest BCUT2D eigenvalue weighted by Crippen LogP contribution is 2.24. The van der Waals surface area contributed by atoms with E-state index in [1.807, 2.05) is 4.68 Å². The van der Waals surface area contributed by atoms with Crippen LogP contribution in [0.2, 0.25) is 0 Å². The van der Waals surface area contributed by atoms with Crippen molar-refractivity contribution in [3.05, 3.63) is 11.6 Å². The van der Waals surface area contributed by atoms with E-state index in [0.717, 1.165) is 37.5 Å². The van der Waals surface area contributed by atoms with Crippen molar-refractivity contribution in [2.75, 3.05) is 20.1 Å². The van der Waals surface area contributed by atoms with Crippen molar-refractivity contribution in [2.24, 2.45) is 5.92 Å². The summed E-state index contributed by atoms with van der Waals surface area (Å²) in [6.07, 6.45) is 4.88. The van der Waals surface area contributed by atoms with Gasteiger partial charge >= 0.3 is 0 Å². The average molecular weight is 250 g/mol. The number of hydrogen-bond donors (Lipinski definition) is 1. The van der Waals surface area contributed by atoms with Crippen LogP contribution in [0.1, 0.15) is 43.4 Å². The normalized spacial score (nSPS) is 26.2. The standard InChI is InChI=1S/C13H22N4O/c1-16-7-4-10(5-8-16)9-12-14-13-11(18)3-2-6-17(13)15-12/h10-11,18H,2-9H2,1H3. The van der Waals surface area contributed by atoms with Crippen LogP contribution in [0, 0.1) is 5.92 Å². The fraction of sp³-hybridized carbons (Fsp3) is 0.846. The lowest BCUT2D eigenvalue weighted by atomic mass is 9.94. The number of hydrogen-bond acceptors (Lipinski definition) is 4. The Morgan fingerprint density at radius 3 is 2.72 bits per heavy atom. The number of piperidine rings is 1. The van der Waals surface area contributed by atoms with Crippen LogP contribution in [0.3, 0.4) is 0 Å². The van der Waals surface area contributed by atoms with Gasteiger partial charge in [-0.15, -0.1) is 0 Å². The van der Waals surface area contributed by atoms with E-state index >= 15 is 0 Å². The summed E-state index contributed by atoms with van der Waals surface area (Å²) in [5.41, 5.74) is 0. The van der Waals surface area contributed by atoms with Crippen molar-refractivity contribution in [3.63, 3.8) is 0 Å². The molecular weight excluding hydrogens is 228 g/mol. The van der Waals surface area contributed by atoms with Gasteiger partial charge in [-0.25, -0.2) is 9.67 Å². The van der Waals surface area contributed by atoms with Gasteiger partial charge in [-0.3, -0.25) is 0 Å². The summed E-state index contributed by atoms with van der Waals surface area (Å²) in [7, 11) is 2.18. The number of aliphatic hydroxyl groups is 1. The zero-order valence-electron chi connectivity index (χ0n) is 11.0. The lowest BCUT2D eigenvalue weighted by molar-refractivity contribution is 0.130. The van der Waals surface area contributed by atoms with Crippen LogP contribution < -0.4 is 0 Å². The van der Waals surface area contributed by atoms with Gasteiger partial charge in [0.2, 0.25) is 0 Å². The minimum atomic E-state index is -0.405. The highest BCUT2D eigenvalue weighted by molar-refractivity contribution is 5.00. The molecule has 3 heterocycles. The van der Waals surface area contributed by atoms with Crippen molar-refractivity contribution in [3.8, 4) is 0 Å². The van der Waals surface area contributed by atoms with Crippen LogP contribution in [0.15, 0.2) is 0 Å². The molecule has 18 heavy (non-hydrogen) atoms. The van der Waals surface area contributed by atoms with Crippen molar-refractivity contribution in [1.82, 2.24) is 19.7 Å². The van der Waals surface area contributed by atoms with Crippen LogP contribution in [0.5, 0.6) is 0 Å². The highest BCUT2D eigenvalue weighted by Gasteiger charge is 2.24. The third-order valence-electron chi connectivity index (χ3n) is 4.20. The number of aliphatic hydroxyl groups excluding tert-OH is 1. The van der Waals surface area contributed by atoms with E-state index in [2.05, 4.69) is 22.0 Å². The summed E-state index contributed by atoms with van der Waals surface area (Å²) < 4.78 is 1.90. The van der Waals surface area contributed by atoms with Crippen molar-refractivity contribution in [1.29, 1.82) is 0 Å². The first-order valence-electron chi connectivity index (χ1n) is 7.02. The van der Waals surface area contributed by atoms with Gasteiger partial charge in [0.05, 0.1) is 0 Å². The molecule has 0 aromatic carbocycles. The molecule has 1 atom stereocenters. The summed E-state index contributed by atoms with van der Waals surface area (Å²) in [6.45, 7) is 3.27. The zero-order valence-corrected chi connectivity index (χ0v) is 11.0. The Balaban J connectivity index is 1.66. The Labute approximate surface area is 108 Å². The first kappa shape index (κ1) is 12.1. The Bertz CT molecular complexity index is 409. The predicted octanol–water partition coefficient (Wildman–Crippen LogP) is 0.990. The van der Waals surface area contributed by atoms with Crippen molar-refractivity contribution >= 4 is 0 Å². The van der Waals surface area contributed by atoms with E-state index in [1.54, 1.807) is 0 Å². The van der Waals surface area contributed by atoms with E-state index in [4.69, 9.17) is 0 Å². The Kier molecular flexibility index (Phi) is 3.35. The smallest absolute Gasteiger partial charge is 0.156 e. The van der Waals surface area contributed by atoms with E-state index in [-0.39, 0.29) is 0 Å². The average Bonchev–Trinajstić information content (AvgIpc) is 2.76. The lowest BCUT2D eigenvalue weighted by Gasteiger charge is -2.28. The van der Waals surface area contributed by atoms with E-state index < -0.39 is 6.10 Å². The van der Waals surface area contributed by atoms with Gasteiger partial charge in [-0.05, 0) is 51.7 Å². The molecule has 0 amide bonds. The molecule has 1 saturated heterocycles. The quantitative estimate of drug-likeness (QED) is 0.850. The fourth-order valence-electron chi connectivity index (χ4n) is 2.99. The number of likely N-dealkylation sites (tertiary alicyclic amines) is 1. The molecule has 5 nitrogen and oxygen atoms in total. The molecule has 100 valence electrons. The summed E-state index contributed by atoms with van der Waals surface area (Å²) in [5, 5.41) is 14.4. The molecule has 2 aliphatic heterocycles. The highest BCUT2D eigenvalue weighted by atomic mass is 16.3. The Morgan fingerprint density at radius 2 is 2.00 bits per heavy atom. The molecule has 5 heteroatoms. The number of fused-ring (bicyclic) bond motifs is 1. The van der Waals surface area contributed by atoms with Gasteiger partial charge in [0.25, 0.3) is 0 Å². The predicted molar refractivity (Wildman–Crippen MR) is 68.1 cm³/mol. The second-order valence-corrected chi connectivity index (χ2v) is 5.72. The summed E-state index contributed by atoms with van der Waals surface area (Å²) in [6, 6.07) is 0. The van der Waals surface area contributed by atoms with Gasteiger partial charge in [-0.2, -0.15) is 5.10 Å². The van der Waals surface area contributed by atoms with Gasteiger partial charge in [-0.1, -0.05) is 0 Å². The molecular formula is C13H22N4O. The van der Waals surface area contributed by atoms with Crippen molar-refractivity contribution in [2.45, 2.75) is 44.8 Å². The maximum Gasteiger partial charge on any atom is 0.156 e. The van der Waals surface area contributed by atoms with Gasteiger partial charge in [0.1, 0.15) is 6.10 Å². The topological polar surface area (TPSA) is 54.2 Å². The third kappa shape index (κ3) is 2.42. The molecule has 1 aromatic rings. The summed E-state index contributed by atoms with van der Waals surface area (Å²) in [4.78, 5) is 6.91. The second-order valence-electron chi connectivity index (χ2n) is 5.72. The van der Waals surface area contributed by atoms with E-state index in [9.17, 15) is 5.11 Å². The summed E-state index contributed by atoms with van der Waals surface area (Å²) in [5.74, 6) is 2.42. The number of aryl methyl sites for hydroxylation is 1. The first-order valence-corrected chi connectivity index (χ1v) is 7.02. The van der Waals surface area contributed by atoms with Crippen LogP contribution in [-0.4, -0.2) is 44.9 Å². The monoisotopic (exact) mass is 250 g/mol. The van der Waals surface area contributed by atoms with Crippen LogP contribution in [0.25, 0.3) is 0 Å². The molecule has 0 saturated carbocycles. The third-order valence-corrected chi connectivity index (χ3v) is 4.20. The molecule has 0 spiro atoms. The lowest BCUT2D eigenvalue weighted by Crippen LogP contribution is -2.31. The number of rotatable bonds is 2. The molecule has 0 aliphatic carbocycles. The van der Waals surface area contributed by atoms with Gasteiger partial charge in [0.15, 0.2) is 11.6 Å². The van der Waals surface area contributed by atoms with Crippen LogP contribution in [-0.2, 0) is 13.0 Å². The first-order chi connectivity index (χ1) is 8.72. The van der Waals surface area contributed by atoms with E-state index in [0.29, 0.717) is 5.92 Å². The summed E-state index contributed by atoms with van der Waals surface area (Å²) >= 11 is 0. The molecule has 0 bridgehead atoms. The maximum absolute atomic E-state index is 9.89. The fourth-order valence-corrected chi connectivity index (χ4v) is 2.99. The molecule has 3 rings (SSSR count).